The molecule has 33 heavy (non-hydrogen) atoms. The Balaban J connectivity index is 2.17. The lowest BCUT2D eigenvalue weighted by molar-refractivity contribution is -0.385. The molecule has 0 aliphatic heterocycles. The number of nitrogens with one attached hydrogen (secondary N) is 1. The lowest BCUT2D eigenvalue weighted by Crippen LogP contribution is -2.49. The Labute approximate surface area is 191 Å². The summed E-state index contributed by atoms with van der Waals surface area (Å²) in [4.78, 5) is 37.4. The van der Waals surface area contributed by atoms with Gasteiger partial charge in [-0.1, -0.05) is 26.0 Å². The molecule has 1 atom stereocenters. The molecule has 0 saturated heterocycles. The van der Waals surface area contributed by atoms with Crippen molar-refractivity contribution < 1.29 is 28.4 Å². The molecule has 2 aromatic rings. The highest BCUT2D eigenvalue weighted by atomic mass is 19.1. The largest absolute Gasteiger partial charge is 0.490 e. The molecule has 9 nitrogen and oxygen atoms in total. The third-order valence-corrected chi connectivity index (χ3v) is 4.83. The predicted molar refractivity (Wildman–Crippen MR) is 119 cm³/mol. The van der Waals surface area contributed by atoms with Crippen LogP contribution in [0.25, 0.3) is 0 Å². The number of nitrogens with zero attached hydrogens (tertiary/aromatic N) is 2. The molecule has 0 bridgehead atoms. The minimum Gasteiger partial charge on any atom is -0.490 e. The molecule has 2 aromatic carbocycles. The van der Waals surface area contributed by atoms with Crippen LogP contribution in [-0.4, -0.2) is 47.9 Å². The molecule has 0 radical (unpaired) electrons. The molecule has 2 amide bonds. The zero-order valence-electron chi connectivity index (χ0n) is 19.0. The zero-order chi connectivity index (χ0) is 24.5. The fraction of sp³-hybridized carbons (Fsp3) is 0.391. The van der Waals surface area contributed by atoms with E-state index in [1.54, 1.807) is 6.92 Å². The van der Waals surface area contributed by atoms with E-state index in [1.807, 2.05) is 13.8 Å². The van der Waals surface area contributed by atoms with Gasteiger partial charge < -0.3 is 19.7 Å². The summed E-state index contributed by atoms with van der Waals surface area (Å²) in [6, 6.07) is 8.72. The van der Waals surface area contributed by atoms with E-state index in [0.29, 0.717) is 12.1 Å². The van der Waals surface area contributed by atoms with Gasteiger partial charge in [0.05, 0.1) is 12.0 Å². The molecule has 0 fully saturated rings. The summed E-state index contributed by atoms with van der Waals surface area (Å²) in [6.45, 7) is 5.64. The van der Waals surface area contributed by atoms with Gasteiger partial charge in [0, 0.05) is 25.2 Å². The first-order valence-electron chi connectivity index (χ1n) is 10.4. The highest BCUT2D eigenvalue weighted by Gasteiger charge is 2.27. The summed E-state index contributed by atoms with van der Waals surface area (Å²) in [5, 5.41) is 13.8. The van der Waals surface area contributed by atoms with Gasteiger partial charge in [-0.05, 0) is 36.6 Å². The summed E-state index contributed by atoms with van der Waals surface area (Å²) >= 11 is 0. The number of hydrogen-bond acceptors (Lipinski definition) is 6. The van der Waals surface area contributed by atoms with Crippen LogP contribution in [0.4, 0.5) is 10.1 Å². The molecule has 0 aromatic heterocycles. The predicted octanol–water partition coefficient (Wildman–Crippen LogP) is 3.31. The van der Waals surface area contributed by atoms with Crippen LogP contribution in [0.3, 0.4) is 0 Å². The van der Waals surface area contributed by atoms with Crippen LogP contribution in [0.2, 0.25) is 0 Å². The van der Waals surface area contributed by atoms with Crippen molar-refractivity contribution in [3.05, 3.63) is 64.0 Å². The number of rotatable bonds is 11. The maximum absolute atomic E-state index is 13.3. The topological polar surface area (TPSA) is 111 Å². The average Bonchev–Trinajstić information content (AvgIpc) is 2.79. The Kier molecular flexibility index (Phi) is 9.14. The van der Waals surface area contributed by atoms with Gasteiger partial charge >= 0.3 is 5.69 Å². The number of methoxy groups -OCH3 is 1. The van der Waals surface area contributed by atoms with Crippen LogP contribution in [-0.2, 0) is 16.1 Å². The van der Waals surface area contributed by atoms with Crippen molar-refractivity contribution >= 4 is 17.5 Å². The van der Waals surface area contributed by atoms with E-state index >= 15 is 0 Å². The Hall–Kier alpha value is -3.69. The van der Waals surface area contributed by atoms with E-state index in [1.165, 1.54) is 54.5 Å². The van der Waals surface area contributed by atoms with Crippen molar-refractivity contribution in [3.63, 3.8) is 0 Å². The second-order valence-electron chi connectivity index (χ2n) is 7.84. The van der Waals surface area contributed by atoms with Gasteiger partial charge in [-0.3, -0.25) is 19.7 Å². The third kappa shape index (κ3) is 7.44. The van der Waals surface area contributed by atoms with E-state index in [2.05, 4.69) is 5.32 Å². The van der Waals surface area contributed by atoms with Gasteiger partial charge in [0.15, 0.2) is 6.61 Å². The quantitative estimate of drug-likeness (QED) is 0.406. The number of halogens is 1. The monoisotopic (exact) mass is 461 g/mol. The maximum atomic E-state index is 13.3. The van der Waals surface area contributed by atoms with Gasteiger partial charge in [-0.2, -0.15) is 0 Å². The molecule has 178 valence electrons. The van der Waals surface area contributed by atoms with Gasteiger partial charge in [0.2, 0.25) is 11.7 Å². The molecule has 0 spiro atoms. The maximum Gasteiger partial charge on any atom is 0.311 e. The lowest BCUT2D eigenvalue weighted by Gasteiger charge is -2.29. The van der Waals surface area contributed by atoms with Crippen LogP contribution < -0.4 is 14.8 Å². The molecule has 0 aliphatic rings. The first kappa shape index (κ1) is 25.6. The van der Waals surface area contributed by atoms with Crippen molar-refractivity contribution in [1.82, 2.24) is 10.2 Å². The third-order valence-electron chi connectivity index (χ3n) is 4.83. The number of benzene rings is 2. The number of carbonyl (C=O) groups is 2. The Bertz CT molecular complexity index is 981. The molecule has 10 heteroatoms. The van der Waals surface area contributed by atoms with Crippen molar-refractivity contribution in [2.75, 3.05) is 20.3 Å². The number of nitro benzene ring substituents is 1. The average molecular weight is 461 g/mol. The van der Waals surface area contributed by atoms with Crippen LogP contribution in [0.5, 0.6) is 11.5 Å². The van der Waals surface area contributed by atoms with Crippen molar-refractivity contribution in [3.8, 4) is 11.5 Å². The van der Waals surface area contributed by atoms with E-state index in [0.717, 1.165) is 0 Å². The number of nitro groups is 1. The van der Waals surface area contributed by atoms with Crippen molar-refractivity contribution in [2.24, 2.45) is 5.92 Å². The van der Waals surface area contributed by atoms with Crippen LogP contribution in [0, 0.1) is 21.8 Å². The van der Waals surface area contributed by atoms with Crippen LogP contribution in [0.1, 0.15) is 26.3 Å². The zero-order valence-corrected chi connectivity index (χ0v) is 19.0. The number of amides is 2. The first-order valence-corrected chi connectivity index (χ1v) is 10.4. The fourth-order valence-electron chi connectivity index (χ4n) is 2.95. The summed E-state index contributed by atoms with van der Waals surface area (Å²) in [5.41, 5.74) is 0.412. The highest BCUT2D eigenvalue weighted by Crippen LogP contribution is 2.30. The van der Waals surface area contributed by atoms with Crippen LogP contribution >= 0.6 is 0 Å². The van der Waals surface area contributed by atoms with E-state index in [9.17, 15) is 24.1 Å². The smallest absolute Gasteiger partial charge is 0.311 e. The summed E-state index contributed by atoms with van der Waals surface area (Å²) in [6.07, 6.45) is 0. The molecule has 1 N–H and O–H groups in total. The second-order valence-corrected chi connectivity index (χ2v) is 7.84. The SMILES string of the molecule is COc1cc(OCC(=O)N(Cc2ccc(F)cc2)C(C)C(=O)NCC(C)C)ccc1[N+](=O)[O-]. The van der Waals surface area contributed by atoms with Crippen molar-refractivity contribution in [2.45, 2.75) is 33.4 Å². The standard InChI is InChI=1S/C23H28FN3O6/c1-15(2)12-25-23(29)16(3)26(13-17-5-7-18(24)8-6-17)22(28)14-33-19-9-10-20(27(30)31)21(11-19)32-4/h5-11,15-16H,12-14H2,1-4H3,(H,25,29). The first-order chi connectivity index (χ1) is 15.6. The normalized spacial score (nSPS) is 11.6. The highest BCUT2D eigenvalue weighted by molar-refractivity contribution is 5.88. The Morgan fingerprint density at radius 2 is 1.82 bits per heavy atom. The second kappa shape index (κ2) is 11.8. The Morgan fingerprint density at radius 3 is 2.39 bits per heavy atom. The molecule has 0 aliphatic carbocycles. The van der Waals surface area contributed by atoms with E-state index in [4.69, 9.17) is 9.47 Å². The van der Waals surface area contributed by atoms with Crippen LogP contribution in [0.15, 0.2) is 42.5 Å². The summed E-state index contributed by atoms with van der Waals surface area (Å²) < 4.78 is 23.8. The lowest BCUT2D eigenvalue weighted by atomic mass is 10.1. The summed E-state index contributed by atoms with van der Waals surface area (Å²) in [7, 11) is 1.29. The van der Waals surface area contributed by atoms with E-state index < -0.39 is 29.3 Å². The van der Waals surface area contributed by atoms with Gasteiger partial charge in [-0.25, -0.2) is 4.39 Å². The number of ether oxygens (including phenoxy) is 2. The molecule has 1 unspecified atom stereocenters. The molecule has 2 rings (SSSR count). The number of hydrogen-bond donors (Lipinski definition) is 1. The van der Waals surface area contributed by atoms with Gasteiger partial charge in [0.1, 0.15) is 17.6 Å². The van der Waals surface area contributed by atoms with Crippen molar-refractivity contribution in [1.29, 1.82) is 0 Å². The van der Waals surface area contributed by atoms with E-state index in [-0.39, 0.29) is 35.6 Å². The van der Waals surface area contributed by atoms with Gasteiger partial charge in [0.25, 0.3) is 5.91 Å². The fourth-order valence-corrected chi connectivity index (χ4v) is 2.95. The molecular formula is C23H28FN3O6. The number of carbonyl (C=O) groups excluding carboxylic acids is 2. The molecular weight excluding hydrogens is 433 g/mol. The Morgan fingerprint density at radius 1 is 1.15 bits per heavy atom. The molecule has 0 heterocycles. The minimum absolute atomic E-state index is 0.00505. The summed E-state index contributed by atoms with van der Waals surface area (Å²) in [5.74, 6) is -0.781. The van der Waals surface area contributed by atoms with Gasteiger partial charge in [-0.15, -0.1) is 0 Å². The molecule has 0 saturated carbocycles. The minimum atomic E-state index is -0.809.